The van der Waals surface area contributed by atoms with Crippen molar-refractivity contribution < 1.29 is 46.8 Å². The molecular formula is C42H43F3N4O9. The Balaban J connectivity index is 1.31. The minimum Gasteiger partial charge on any atom is -0.497 e. The van der Waals surface area contributed by atoms with E-state index in [1.807, 2.05) is 78.9 Å². The molecule has 306 valence electrons. The van der Waals surface area contributed by atoms with E-state index in [1.54, 1.807) is 33.4 Å². The van der Waals surface area contributed by atoms with Gasteiger partial charge in [-0.2, -0.15) is 13.2 Å². The van der Waals surface area contributed by atoms with Crippen LogP contribution in [0.25, 0.3) is 0 Å². The molecule has 58 heavy (non-hydrogen) atoms. The Hall–Kier alpha value is -5.89. The predicted molar refractivity (Wildman–Crippen MR) is 204 cm³/mol. The van der Waals surface area contributed by atoms with Crippen molar-refractivity contribution in [2.45, 2.75) is 68.4 Å². The first-order chi connectivity index (χ1) is 27.6. The highest BCUT2D eigenvalue weighted by Crippen LogP contribution is 2.54. The van der Waals surface area contributed by atoms with Gasteiger partial charge in [0.2, 0.25) is 5.91 Å². The number of aromatic nitrogens is 2. The molecule has 0 saturated carbocycles. The molecule has 2 aliphatic rings. The van der Waals surface area contributed by atoms with E-state index in [2.05, 4.69) is 22.1 Å². The number of H-pyrrole nitrogens is 1. The van der Waals surface area contributed by atoms with Gasteiger partial charge in [0.05, 0.1) is 27.4 Å². The van der Waals surface area contributed by atoms with Crippen LogP contribution in [-0.4, -0.2) is 83.9 Å². The van der Waals surface area contributed by atoms with E-state index >= 15 is 0 Å². The van der Waals surface area contributed by atoms with E-state index in [-0.39, 0.29) is 30.9 Å². The molecule has 3 unspecified atom stereocenters. The van der Waals surface area contributed by atoms with Crippen molar-refractivity contribution in [3.05, 3.63) is 128 Å². The van der Waals surface area contributed by atoms with Crippen LogP contribution in [0.5, 0.6) is 11.5 Å². The summed E-state index contributed by atoms with van der Waals surface area (Å²) >= 11 is 0. The number of ether oxygens (including phenoxy) is 4. The van der Waals surface area contributed by atoms with Crippen molar-refractivity contribution in [2.75, 3.05) is 27.4 Å². The smallest absolute Gasteiger partial charge is 0.471 e. The lowest BCUT2D eigenvalue weighted by Crippen LogP contribution is -2.51. The van der Waals surface area contributed by atoms with Crippen LogP contribution < -0.4 is 31.4 Å². The maximum absolute atomic E-state index is 13.3. The highest BCUT2D eigenvalue weighted by atomic mass is 19.4. The van der Waals surface area contributed by atoms with Gasteiger partial charge in [-0.25, -0.2) is 4.79 Å². The number of aliphatic hydroxyl groups excluding tert-OH is 1. The summed E-state index contributed by atoms with van der Waals surface area (Å²) in [5.41, 5.74) is -1.67. The quantitative estimate of drug-likeness (QED) is 0.117. The number of benzene rings is 3. The number of hydrogen-bond acceptors (Lipinski definition) is 9. The zero-order chi connectivity index (χ0) is 41.8. The molecule has 4 aromatic rings. The normalized spacial score (nSPS) is 20.5. The highest BCUT2D eigenvalue weighted by molar-refractivity contribution is 5.89. The van der Waals surface area contributed by atoms with E-state index in [1.165, 1.54) is 0 Å². The molecule has 0 spiro atoms. The highest BCUT2D eigenvalue weighted by Gasteiger charge is 2.64. The number of hydrogen-bond donors (Lipinski definition) is 4. The fourth-order valence-corrected chi connectivity index (χ4v) is 7.60. The summed E-state index contributed by atoms with van der Waals surface area (Å²) in [6.45, 7) is 2.92. The maximum Gasteiger partial charge on any atom is 0.471 e. The number of alkyl halides is 3. The number of carbonyl (C=O) groups excluding carboxylic acids is 2. The summed E-state index contributed by atoms with van der Waals surface area (Å²) in [5, 5.41) is 16.0. The molecule has 2 aliphatic heterocycles. The topological polar surface area (TPSA) is 170 Å². The Labute approximate surface area is 331 Å². The molecule has 1 aromatic heterocycles. The Morgan fingerprint density at radius 2 is 1.55 bits per heavy atom. The first-order valence-electron chi connectivity index (χ1n) is 18.4. The number of aromatic amines is 1. The van der Waals surface area contributed by atoms with Gasteiger partial charge >= 0.3 is 17.8 Å². The van der Waals surface area contributed by atoms with E-state index in [0.29, 0.717) is 11.5 Å². The van der Waals surface area contributed by atoms with Gasteiger partial charge in [-0.15, -0.1) is 0 Å². The van der Waals surface area contributed by atoms with Crippen LogP contribution in [-0.2, 0) is 24.5 Å². The third kappa shape index (κ3) is 8.38. The number of amides is 2. The number of aliphatic hydroxyl groups is 1. The number of methoxy groups -OCH3 is 2. The molecular weight excluding hydrogens is 761 g/mol. The second kappa shape index (κ2) is 16.9. The van der Waals surface area contributed by atoms with E-state index < -0.39 is 71.3 Å². The van der Waals surface area contributed by atoms with Gasteiger partial charge in [-0.1, -0.05) is 80.3 Å². The third-order valence-electron chi connectivity index (χ3n) is 10.4. The van der Waals surface area contributed by atoms with Crippen molar-refractivity contribution in [3.63, 3.8) is 0 Å². The predicted octanol–water partition coefficient (Wildman–Crippen LogP) is 3.57. The number of halogens is 3. The molecule has 2 bridgehead atoms. The first-order valence-corrected chi connectivity index (χ1v) is 18.4. The average Bonchev–Trinajstić information content (AvgIpc) is 3.66. The largest absolute Gasteiger partial charge is 0.497 e. The van der Waals surface area contributed by atoms with Crippen molar-refractivity contribution in [3.8, 4) is 23.3 Å². The minimum absolute atomic E-state index is 0.0259. The van der Waals surface area contributed by atoms with Gasteiger partial charge in [0, 0.05) is 11.6 Å². The molecule has 4 N–H and O–H groups in total. The zero-order valence-electron chi connectivity index (χ0n) is 32.1. The molecule has 5 atom stereocenters. The lowest BCUT2D eigenvalue weighted by atomic mass is 9.63. The average molecular weight is 805 g/mol. The maximum atomic E-state index is 13.3. The second-order valence-corrected chi connectivity index (χ2v) is 14.6. The Morgan fingerprint density at radius 1 is 0.966 bits per heavy atom. The minimum atomic E-state index is -5.18. The Bertz CT molecular complexity index is 2240. The van der Waals surface area contributed by atoms with E-state index in [4.69, 9.17) is 18.9 Å². The molecule has 0 radical (unpaired) electrons. The van der Waals surface area contributed by atoms with Gasteiger partial charge < -0.3 is 34.7 Å². The third-order valence-corrected chi connectivity index (χ3v) is 10.4. The lowest BCUT2D eigenvalue weighted by molar-refractivity contribution is -0.180. The summed E-state index contributed by atoms with van der Waals surface area (Å²) in [4.78, 5) is 52.6. The number of nitrogens with zero attached hydrogens (tertiary/aromatic N) is 1. The molecule has 6 rings (SSSR count). The van der Waals surface area contributed by atoms with Crippen molar-refractivity contribution in [1.29, 1.82) is 0 Å². The monoisotopic (exact) mass is 804 g/mol. The lowest BCUT2D eigenvalue weighted by Gasteiger charge is -2.43. The molecule has 2 amide bonds. The van der Waals surface area contributed by atoms with Gasteiger partial charge in [-0.3, -0.25) is 23.9 Å². The summed E-state index contributed by atoms with van der Waals surface area (Å²) in [5.74, 6) is 3.04. The van der Waals surface area contributed by atoms with Gasteiger partial charge in [0.15, 0.2) is 6.23 Å². The molecule has 3 aromatic carbocycles. The van der Waals surface area contributed by atoms with Crippen molar-refractivity contribution >= 4 is 11.8 Å². The number of fused-ring (bicyclic) bond motifs is 2. The van der Waals surface area contributed by atoms with Gasteiger partial charge in [-0.05, 0) is 59.7 Å². The zero-order valence-corrected chi connectivity index (χ0v) is 32.1. The number of nitrogens with one attached hydrogen (secondary N) is 3. The fraction of sp³-hybridized carbons (Fsp3) is 0.381. The van der Waals surface area contributed by atoms with Crippen LogP contribution in [0.2, 0.25) is 0 Å². The second-order valence-electron chi connectivity index (χ2n) is 14.6. The van der Waals surface area contributed by atoms with Crippen LogP contribution >= 0.6 is 0 Å². The summed E-state index contributed by atoms with van der Waals surface area (Å²) in [6.07, 6.45) is -7.43. The molecule has 3 heterocycles. The van der Waals surface area contributed by atoms with Crippen LogP contribution in [0.4, 0.5) is 13.2 Å². The molecule has 13 nitrogen and oxygen atoms in total. The van der Waals surface area contributed by atoms with Gasteiger partial charge in [0.25, 0.3) is 5.56 Å². The van der Waals surface area contributed by atoms with Crippen LogP contribution in [0.3, 0.4) is 0 Å². The SMILES string of the molecule is COc1ccc(C(CC23COC([C@H](n4cc(C#CCNC(=O)C(CC(C)C)NC(=O)C(F)(F)F)c(=O)[nH]c4=O)O2)[C@H]3O)(c2ccccc2)c2ccc(OC)cc2)cc1. The summed E-state index contributed by atoms with van der Waals surface area (Å²) in [7, 11) is 3.15. The van der Waals surface area contributed by atoms with Crippen LogP contribution in [0.1, 0.15) is 55.2 Å². The first kappa shape index (κ1) is 41.7. The van der Waals surface area contributed by atoms with E-state index in [0.717, 1.165) is 27.5 Å². The number of rotatable bonds is 13. The Kier molecular flexibility index (Phi) is 12.2. The molecule has 16 heteroatoms. The summed E-state index contributed by atoms with van der Waals surface area (Å²) in [6, 6.07) is 23.4. The molecule has 2 saturated heterocycles. The van der Waals surface area contributed by atoms with Gasteiger partial charge in [0.1, 0.15) is 40.9 Å². The number of carbonyl (C=O) groups is 2. The van der Waals surface area contributed by atoms with Crippen LogP contribution in [0, 0.1) is 17.8 Å². The van der Waals surface area contributed by atoms with E-state index in [9.17, 15) is 37.5 Å². The molecule has 2 fully saturated rings. The van der Waals surface area contributed by atoms with Crippen molar-refractivity contribution in [1.82, 2.24) is 20.2 Å². The summed E-state index contributed by atoms with van der Waals surface area (Å²) < 4.78 is 63.5. The fourth-order valence-electron chi connectivity index (χ4n) is 7.60. The Morgan fingerprint density at radius 3 is 2.10 bits per heavy atom. The standard InChI is InChI=1S/C42H43F3N4O9/c1-25(2)21-32(47-38(53)42(43,44)45)36(52)46-20-8-9-26-22-49(39(54)48-35(26)51)37-33-34(50)40(58-37,24-57-33)23-41(27-10-6-5-7-11-27,28-12-16-30(55-3)17-13-28)29-14-18-31(56-4)19-15-29/h5-7,10-19,22,25,32-34,37,50H,20-21,23-24H2,1-4H3,(H,46,52)(H,47,53)(H,48,51,54)/t32?,33?,34-,37-,40?/m1/s1. The molecule has 0 aliphatic carbocycles. The van der Waals surface area contributed by atoms with Crippen LogP contribution in [0.15, 0.2) is 94.6 Å². The van der Waals surface area contributed by atoms with Crippen molar-refractivity contribution in [2.24, 2.45) is 5.92 Å².